The van der Waals surface area contributed by atoms with Crippen molar-refractivity contribution in [1.29, 1.82) is 0 Å². The average molecular weight is 463 g/mol. The van der Waals surface area contributed by atoms with Crippen LogP contribution in [-0.4, -0.2) is 30.9 Å². The molecule has 0 unspecified atom stereocenters. The molecule has 0 fully saturated rings. The number of anilines is 1. The molecule has 0 aliphatic heterocycles. The van der Waals surface area contributed by atoms with Crippen molar-refractivity contribution in [2.75, 3.05) is 5.32 Å². The Labute approximate surface area is 191 Å². The van der Waals surface area contributed by atoms with Crippen LogP contribution in [0.15, 0.2) is 69.9 Å². The van der Waals surface area contributed by atoms with Crippen LogP contribution in [-0.2, 0) is 12.3 Å². The number of fused-ring (bicyclic) bond motifs is 1. The third-order valence-corrected chi connectivity index (χ3v) is 6.81. The number of aromatic nitrogens is 5. The molecule has 0 aliphatic carbocycles. The molecule has 0 radical (unpaired) electrons. The first kappa shape index (κ1) is 20.4. The summed E-state index contributed by atoms with van der Waals surface area (Å²) in [5.41, 5.74) is 3.14. The normalized spacial score (nSPS) is 11.2. The van der Waals surface area contributed by atoms with Gasteiger partial charge in [0.2, 0.25) is 0 Å². The van der Waals surface area contributed by atoms with Crippen molar-refractivity contribution in [3.05, 3.63) is 83.1 Å². The maximum Gasteiger partial charge on any atom is 0.291 e. The fourth-order valence-electron chi connectivity index (χ4n) is 3.34. The van der Waals surface area contributed by atoms with E-state index in [1.165, 1.54) is 17.7 Å². The number of thioether (sulfide) groups is 1. The van der Waals surface area contributed by atoms with E-state index in [4.69, 9.17) is 4.42 Å². The van der Waals surface area contributed by atoms with E-state index in [-0.39, 0.29) is 5.91 Å². The van der Waals surface area contributed by atoms with Gasteiger partial charge in [-0.15, -0.1) is 10.2 Å². The Balaban J connectivity index is 1.44. The van der Waals surface area contributed by atoms with Crippen molar-refractivity contribution >= 4 is 45.7 Å². The largest absolute Gasteiger partial charge is 0.451 e. The molecule has 10 heteroatoms. The van der Waals surface area contributed by atoms with Gasteiger partial charge in [-0.1, -0.05) is 59.5 Å². The van der Waals surface area contributed by atoms with Gasteiger partial charge in [-0.05, 0) is 24.6 Å². The lowest BCUT2D eigenvalue weighted by atomic mass is 10.1. The highest BCUT2D eigenvalue weighted by Gasteiger charge is 2.22. The molecule has 1 N–H and O–H groups in total. The van der Waals surface area contributed by atoms with Crippen molar-refractivity contribution in [3.63, 3.8) is 0 Å². The van der Waals surface area contributed by atoms with Gasteiger partial charge in [0.25, 0.3) is 5.91 Å². The molecule has 0 bridgehead atoms. The van der Waals surface area contributed by atoms with Gasteiger partial charge in [0.05, 0.1) is 6.54 Å². The van der Waals surface area contributed by atoms with Crippen LogP contribution in [0.4, 0.5) is 5.69 Å². The van der Waals surface area contributed by atoms with Gasteiger partial charge in [-0.25, -0.2) is 9.67 Å². The summed E-state index contributed by atoms with van der Waals surface area (Å²) in [6, 6.07) is 15.3. The summed E-state index contributed by atoms with van der Waals surface area (Å²) in [6.45, 7) is 2.42. The van der Waals surface area contributed by atoms with Crippen molar-refractivity contribution in [2.45, 2.75) is 23.6 Å². The number of rotatable bonds is 7. The van der Waals surface area contributed by atoms with E-state index in [0.29, 0.717) is 29.3 Å². The van der Waals surface area contributed by atoms with E-state index in [9.17, 15) is 4.79 Å². The molecule has 8 nitrogen and oxygen atoms in total. The van der Waals surface area contributed by atoms with E-state index < -0.39 is 0 Å². The first-order valence-electron chi connectivity index (χ1n) is 9.82. The summed E-state index contributed by atoms with van der Waals surface area (Å²) in [7, 11) is 0. The van der Waals surface area contributed by atoms with E-state index in [1.54, 1.807) is 22.8 Å². The number of carbonyl (C=O) groups is 1. The maximum absolute atomic E-state index is 13.3. The van der Waals surface area contributed by atoms with E-state index >= 15 is 0 Å². The number of para-hydroxylation sites is 2. The third-order valence-electron chi connectivity index (χ3n) is 4.82. The second-order valence-corrected chi connectivity index (χ2v) is 9.39. The Hall–Kier alpha value is -3.50. The van der Waals surface area contributed by atoms with Gasteiger partial charge < -0.3 is 9.73 Å². The van der Waals surface area contributed by atoms with Gasteiger partial charge in [0, 0.05) is 22.4 Å². The minimum atomic E-state index is -0.295. The van der Waals surface area contributed by atoms with Gasteiger partial charge in [-0.3, -0.25) is 4.79 Å². The Morgan fingerprint density at radius 3 is 2.81 bits per heavy atom. The minimum absolute atomic E-state index is 0.295. The lowest BCUT2D eigenvalue weighted by Crippen LogP contribution is -2.15. The number of furan rings is 1. The number of nitrogens with one attached hydrogen (secondary N) is 1. The minimum Gasteiger partial charge on any atom is -0.451 e. The number of hydrogen-bond acceptors (Lipinski definition) is 8. The highest BCUT2D eigenvalue weighted by atomic mass is 32.2. The second kappa shape index (κ2) is 8.93. The summed E-state index contributed by atoms with van der Waals surface area (Å²) in [5.74, 6) is 0.557. The average Bonchev–Trinajstić information content (AvgIpc) is 3.54. The number of amides is 1. The van der Waals surface area contributed by atoms with Gasteiger partial charge in [-0.2, -0.15) is 5.10 Å². The number of benzene rings is 2. The molecule has 5 aromatic rings. The zero-order valence-electron chi connectivity index (χ0n) is 17.1. The number of carbonyl (C=O) groups excluding carboxylic acids is 1. The Bertz CT molecular complexity index is 1380. The Morgan fingerprint density at radius 1 is 1.16 bits per heavy atom. The molecule has 3 heterocycles. The summed E-state index contributed by atoms with van der Waals surface area (Å²) in [5, 5.41) is 17.2. The third kappa shape index (κ3) is 4.27. The first-order valence-corrected chi connectivity index (χ1v) is 11.6. The molecule has 1 amide bonds. The maximum atomic E-state index is 13.3. The predicted molar refractivity (Wildman–Crippen MR) is 124 cm³/mol. The van der Waals surface area contributed by atoms with Crippen molar-refractivity contribution in [3.8, 4) is 0 Å². The summed E-state index contributed by atoms with van der Waals surface area (Å²) in [6.07, 6.45) is 3.13. The zero-order valence-corrected chi connectivity index (χ0v) is 18.7. The Morgan fingerprint density at radius 2 is 2.00 bits per heavy atom. The molecule has 0 saturated carbocycles. The molecule has 0 saturated heterocycles. The van der Waals surface area contributed by atoms with Crippen molar-refractivity contribution in [1.82, 2.24) is 25.0 Å². The first-order chi connectivity index (χ1) is 15.7. The van der Waals surface area contributed by atoms with Crippen LogP contribution in [0.3, 0.4) is 0 Å². The highest BCUT2D eigenvalue weighted by Crippen LogP contribution is 2.33. The smallest absolute Gasteiger partial charge is 0.291 e. The molecule has 3 aromatic heterocycles. The summed E-state index contributed by atoms with van der Waals surface area (Å²) >= 11 is 3.08. The topological polar surface area (TPSA) is 98.7 Å². The number of nitrogens with zero attached hydrogens (tertiary/aromatic N) is 5. The molecule has 2 aromatic carbocycles. The van der Waals surface area contributed by atoms with Crippen molar-refractivity contribution in [2.24, 2.45) is 0 Å². The second-order valence-electron chi connectivity index (χ2n) is 6.99. The molecule has 0 spiro atoms. The van der Waals surface area contributed by atoms with Crippen molar-refractivity contribution < 1.29 is 9.21 Å². The number of aryl methyl sites for hydroxylation is 1. The van der Waals surface area contributed by atoms with Crippen LogP contribution >= 0.6 is 23.1 Å². The molecular weight excluding hydrogens is 444 g/mol. The van der Waals surface area contributed by atoms with E-state index in [1.807, 2.05) is 55.5 Å². The fraction of sp³-hybridized carbons (Fsp3) is 0.136. The Kier molecular flexibility index (Phi) is 5.70. The van der Waals surface area contributed by atoms with Gasteiger partial charge in [0.15, 0.2) is 10.1 Å². The van der Waals surface area contributed by atoms with Crippen LogP contribution in [0.2, 0.25) is 0 Å². The van der Waals surface area contributed by atoms with Crippen LogP contribution in [0, 0.1) is 6.92 Å². The lowest BCUT2D eigenvalue weighted by molar-refractivity contribution is 0.0997. The molecular formula is C22H18N6O2S2. The van der Waals surface area contributed by atoms with E-state index in [0.717, 1.165) is 25.9 Å². The van der Waals surface area contributed by atoms with Crippen LogP contribution in [0.5, 0.6) is 0 Å². The van der Waals surface area contributed by atoms with Crippen LogP contribution < -0.4 is 5.32 Å². The molecule has 32 heavy (non-hydrogen) atoms. The quantitative estimate of drug-likeness (QED) is 0.348. The molecule has 160 valence electrons. The fourth-order valence-corrected chi connectivity index (χ4v) is 5.19. The van der Waals surface area contributed by atoms with Gasteiger partial charge in [0.1, 0.15) is 23.2 Å². The van der Waals surface area contributed by atoms with Gasteiger partial charge >= 0.3 is 0 Å². The SMILES string of the molecule is Cc1nnc(SCc2c(C(=O)Nc3ccccc3Cn3cncn3)oc3ccccc23)s1. The highest BCUT2D eigenvalue weighted by molar-refractivity contribution is 8.00. The zero-order chi connectivity index (χ0) is 21.9. The lowest BCUT2D eigenvalue weighted by Gasteiger charge is -2.11. The summed E-state index contributed by atoms with van der Waals surface area (Å²) < 4.78 is 8.55. The van der Waals surface area contributed by atoms with Crippen LogP contribution in [0.25, 0.3) is 11.0 Å². The standard InChI is InChI=1S/C22H18N6O2S2/c1-14-26-27-22(32-14)31-11-17-16-7-3-5-9-19(16)30-20(17)21(29)25-18-8-4-2-6-15(18)10-28-13-23-12-24-28/h2-9,12-13H,10-11H2,1H3,(H,25,29). The molecule has 0 atom stereocenters. The van der Waals surface area contributed by atoms with E-state index in [2.05, 4.69) is 25.6 Å². The molecule has 0 aliphatic rings. The van der Waals surface area contributed by atoms with Crippen LogP contribution in [0.1, 0.15) is 26.7 Å². The monoisotopic (exact) mass is 462 g/mol. The molecule has 5 rings (SSSR count). The predicted octanol–water partition coefficient (Wildman–Crippen LogP) is 4.78. The summed E-state index contributed by atoms with van der Waals surface area (Å²) in [4.78, 5) is 17.3. The number of hydrogen-bond donors (Lipinski definition) is 1.